The third-order valence-electron chi connectivity index (χ3n) is 3.02. The topological polar surface area (TPSA) is 73.2 Å². The van der Waals surface area contributed by atoms with Crippen LogP contribution in [0, 0.1) is 0 Å². The monoisotopic (exact) mass is 333 g/mol. The highest BCUT2D eigenvalue weighted by atomic mass is 32.2. The lowest BCUT2D eigenvalue weighted by atomic mass is 10.3. The van der Waals surface area contributed by atoms with Crippen molar-refractivity contribution >= 4 is 17.7 Å². The van der Waals surface area contributed by atoms with Crippen LogP contribution in [0.2, 0.25) is 0 Å². The SMILES string of the molecule is CCCNC(=O)CSc1ccc(=O)n(-c2ccc(OC)cc2)n1. The van der Waals surface area contributed by atoms with Crippen molar-refractivity contribution in [3.8, 4) is 11.4 Å². The Balaban J connectivity index is 2.12. The van der Waals surface area contributed by atoms with Gasteiger partial charge in [-0.15, -0.1) is 0 Å². The summed E-state index contributed by atoms with van der Waals surface area (Å²) in [4.78, 5) is 23.6. The van der Waals surface area contributed by atoms with E-state index >= 15 is 0 Å². The summed E-state index contributed by atoms with van der Waals surface area (Å²) in [6.45, 7) is 2.66. The number of hydrogen-bond acceptors (Lipinski definition) is 5. The first-order valence-corrected chi connectivity index (χ1v) is 8.27. The number of aromatic nitrogens is 2. The maximum Gasteiger partial charge on any atom is 0.271 e. The van der Waals surface area contributed by atoms with Gasteiger partial charge in [-0.25, -0.2) is 0 Å². The molecule has 1 aromatic carbocycles. The number of methoxy groups -OCH3 is 1. The molecular weight excluding hydrogens is 314 g/mol. The number of nitrogens with zero attached hydrogens (tertiary/aromatic N) is 2. The molecule has 0 fully saturated rings. The lowest BCUT2D eigenvalue weighted by molar-refractivity contribution is -0.118. The number of carbonyl (C=O) groups excluding carboxylic acids is 1. The Labute approximate surface area is 138 Å². The molecule has 1 aromatic heterocycles. The second kappa shape index (κ2) is 8.38. The summed E-state index contributed by atoms with van der Waals surface area (Å²) in [7, 11) is 1.58. The highest BCUT2D eigenvalue weighted by Gasteiger charge is 2.07. The fourth-order valence-corrected chi connectivity index (χ4v) is 2.52. The Morgan fingerprint density at radius 2 is 2.00 bits per heavy atom. The summed E-state index contributed by atoms with van der Waals surface area (Å²) in [5.41, 5.74) is 0.420. The van der Waals surface area contributed by atoms with Gasteiger partial charge in [-0.1, -0.05) is 18.7 Å². The first kappa shape index (κ1) is 17.1. The fourth-order valence-electron chi connectivity index (χ4n) is 1.83. The molecule has 0 atom stereocenters. The van der Waals surface area contributed by atoms with E-state index in [2.05, 4.69) is 10.4 Å². The third-order valence-corrected chi connectivity index (χ3v) is 3.94. The van der Waals surface area contributed by atoms with Crippen molar-refractivity contribution in [2.45, 2.75) is 18.4 Å². The molecule has 0 radical (unpaired) electrons. The highest BCUT2D eigenvalue weighted by Crippen LogP contribution is 2.16. The van der Waals surface area contributed by atoms with Crippen LogP contribution in [0.3, 0.4) is 0 Å². The zero-order chi connectivity index (χ0) is 16.7. The van der Waals surface area contributed by atoms with Gasteiger partial charge in [0.05, 0.1) is 18.6 Å². The number of thioether (sulfide) groups is 1. The van der Waals surface area contributed by atoms with Gasteiger partial charge >= 0.3 is 0 Å². The molecule has 6 nitrogen and oxygen atoms in total. The van der Waals surface area contributed by atoms with Gasteiger partial charge in [0.25, 0.3) is 5.56 Å². The summed E-state index contributed by atoms with van der Waals surface area (Å²) in [5.74, 6) is 0.939. The van der Waals surface area contributed by atoms with Crippen LogP contribution in [-0.2, 0) is 4.79 Å². The predicted molar refractivity (Wildman–Crippen MR) is 90.4 cm³/mol. The molecule has 1 amide bonds. The molecule has 0 saturated heterocycles. The summed E-state index contributed by atoms with van der Waals surface area (Å²) < 4.78 is 6.41. The van der Waals surface area contributed by atoms with Crippen LogP contribution in [0.4, 0.5) is 0 Å². The van der Waals surface area contributed by atoms with Gasteiger partial charge in [-0.3, -0.25) is 9.59 Å². The Morgan fingerprint density at radius 1 is 1.26 bits per heavy atom. The highest BCUT2D eigenvalue weighted by molar-refractivity contribution is 7.99. The van der Waals surface area contributed by atoms with Crippen LogP contribution in [0.15, 0.2) is 46.2 Å². The Kier molecular flexibility index (Phi) is 6.22. The zero-order valence-corrected chi connectivity index (χ0v) is 13.9. The molecule has 0 saturated carbocycles. The molecular formula is C16H19N3O3S. The average molecular weight is 333 g/mol. The molecule has 0 spiro atoms. The van der Waals surface area contributed by atoms with Gasteiger partial charge in [-0.2, -0.15) is 9.78 Å². The first-order valence-electron chi connectivity index (χ1n) is 7.28. The molecule has 0 aliphatic rings. The van der Waals surface area contributed by atoms with Gasteiger partial charge in [0.15, 0.2) is 0 Å². The van der Waals surface area contributed by atoms with E-state index in [-0.39, 0.29) is 17.2 Å². The first-order chi connectivity index (χ1) is 11.1. The molecule has 0 unspecified atom stereocenters. The number of nitrogens with one attached hydrogen (secondary N) is 1. The number of amides is 1. The largest absolute Gasteiger partial charge is 0.497 e. The van der Waals surface area contributed by atoms with Crippen LogP contribution in [0.1, 0.15) is 13.3 Å². The molecule has 1 N–H and O–H groups in total. The zero-order valence-electron chi connectivity index (χ0n) is 13.1. The molecule has 0 aliphatic carbocycles. The smallest absolute Gasteiger partial charge is 0.271 e. The molecule has 0 bridgehead atoms. The molecule has 2 rings (SSSR count). The predicted octanol–water partition coefficient (Wildman–Crippen LogP) is 1.86. The van der Waals surface area contributed by atoms with Crippen LogP contribution < -0.4 is 15.6 Å². The molecule has 1 heterocycles. The molecule has 7 heteroatoms. The lowest BCUT2D eigenvalue weighted by Gasteiger charge is -2.08. The van der Waals surface area contributed by atoms with E-state index < -0.39 is 0 Å². The standard InChI is InChI=1S/C16H19N3O3S/c1-3-10-17-14(20)11-23-15-8-9-16(21)19(18-15)12-4-6-13(22-2)7-5-12/h4-9H,3,10-11H2,1-2H3,(H,17,20). The summed E-state index contributed by atoms with van der Waals surface area (Å²) in [6.07, 6.45) is 0.900. The number of rotatable bonds is 7. The van der Waals surface area contributed by atoms with Crippen molar-refractivity contribution in [3.05, 3.63) is 46.8 Å². The molecule has 0 aliphatic heterocycles. The molecule has 122 valence electrons. The number of carbonyl (C=O) groups is 1. The van der Waals surface area contributed by atoms with Gasteiger partial charge < -0.3 is 10.1 Å². The van der Waals surface area contributed by atoms with Gasteiger partial charge in [0, 0.05) is 12.6 Å². The molecule has 23 heavy (non-hydrogen) atoms. The second-order valence-electron chi connectivity index (χ2n) is 4.76. The van der Waals surface area contributed by atoms with E-state index in [1.807, 2.05) is 6.92 Å². The third kappa shape index (κ3) is 4.85. The lowest BCUT2D eigenvalue weighted by Crippen LogP contribution is -2.26. The van der Waals surface area contributed by atoms with Crippen molar-refractivity contribution in [1.29, 1.82) is 0 Å². The quantitative estimate of drug-likeness (QED) is 0.783. The van der Waals surface area contributed by atoms with Crippen molar-refractivity contribution in [3.63, 3.8) is 0 Å². The summed E-state index contributed by atoms with van der Waals surface area (Å²) >= 11 is 1.30. The van der Waals surface area contributed by atoms with Crippen molar-refractivity contribution in [2.24, 2.45) is 0 Å². The second-order valence-corrected chi connectivity index (χ2v) is 5.75. The Bertz CT molecular complexity index is 713. The minimum absolute atomic E-state index is 0.0409. The summed E-state index contributed by atoms with van der Waals surface area (Å²) in [5, 5.41) is 7.72. The van der Waals surface area contributed by atoms with Crippen LogP contribution in [0.5, 0.6) is 5.75 Å². The van der Waals surface area contributed by atoms with Crippen molar-refractivity contribution in [1.82, 2.24) is 15.1 Å². The van der Waals surface area contributed by atoms with Gasteiger partial charge in [-0.05, 0) is 36.8 Å². The van der Waals surface area contributed by atoms with Crippen molar-refractivity contribution in [2.75, 3.05) is 19.4 Å². The Morgan fingerprint density at radius 3 is 2.65 bits per heavy atom. The van der Waals surface area contributed by atoms with E-state index in [1.165, 1.54) is 22.5 Å². The van der Waals surface area contributed by atoms with E-state index in [1.54, 1.807) is 37.4 Å². The Hall–Kier alpha value is -2.28. The van der Waals surface area contributed by atoms with E-state index in [0.29, 0.717) is 23.0 Å². The van der Waals surface area contributed by atoms with Gasteiger partial charge in [0.1, 0.15) is 10.8 Å². The van der Waals surface area contributed by atoms with Crippen LogP contribution in [-0.4, -0.2) is 35.1 Å². The minimum atomic E-state index is -0.227. The maximum atomic E-state index is 12.0. The fraction of sp³-hybridized carbons (Fsp3) is 0.312. The van der Waals surface area contributed by atoms with E-state index in [0.717, 1.165) is 6.42 Å². The number of ether oxygens (including phenoxy) is 1. The normalized spacial score (nSPS) is 10.3. The minimum Gasteiger partial charge on any atom is -0.497 e. The maximum absolute atomic E-state index is 12.0. The average Bonchev–Trinajstić information content (AvgIpc) is 2.59. The number of hydrogen-bond donors (Lipinski definition) is 1. The molecule has 2 aromatic rings. The van der Waals surface area contributed by atoms with Crippen molar-refractivity contribution < 1.29 is 9.53 Å². The van der Waals surface area contributed by atoms with Crippen LogP contribution >= 0.6 is 11.8 Å². The number of benzene rings is 1. The van der Waals surface area contributed by atoms with E-state index in [9.17, 15) is 9.59 Å². The van der Waals surface area contributed by atoms with E-state index in [4.69, 9.17) is 4.74 Å². The summed E-state index contributed by atoms with van der Waals surface area (Å²) in [6, 6.07) is 10.1. The van der Waals surface area contributed by atoms with Crippen LogP contribution in [0.25, 0.3) is 5.69 Å². The van der Waals surface area contributed by atoms with Gasteiger partial charge in [0.2, 0.25) is 5.91 Å².